The summed E-state index contributed by atoms with van der Waals surface area (Å²) >= 11 is 0. The summed E-state index contributed by atoms with van der Waals surface area (Å²) in [7, 11) is 0. The molecule has 6 bridgehead atoms. The van der Waals surface area contributed by atoms with Crippen molar-refractivity contribution >= 4 is 17.9 Å². The largest absolute Gasteiger partial charge is 0.458 e. The van der Waals surface area contributed by atoms with Gasteiger partial charge < -0.3 is 23.7 Å². The van der Waals surface area contributed by atoms with Crippen LogP contribution in [0.1, 0.15) is 51.9 Å². The molecule has 2 aliphatic heterocycles. The van der Waals surface area contributed by atoms with Crippen LogP contribution in [0.3, 0.4) is 0 Å². The van der Waals surface area contributed by atoms with Gasteiger partial charge in [0.05, 0.1) is 38.2 Å². The fourth-order valence-electron chi connectivity index (χ4n) is 9.57. The van der Waals surface area contributed by atoms with Crippen LogP contribution in [0.2, 0.25) is 0 Å². The number of esters is 3. The Morgan fingerprint density at radius 1 is 1.00 bits per heavy atom. The van der Waals surface area contributed by atoms with E-state index in [0.717, 1.165) is 23.7 Å². The van der Waals surface area contributed by atoms with Gasteiger partial charge in [-0.1, -0.05) is 6.92 Å². The molecule has 6 saturated carbocycles. The van der Waals surface area contributed by atoms with Crippen LogP contribution in [0.15, 0.2) is 0 Å². The van der Waals surface area contributed by atoms with Crippen molar-refractivity contribution in [1.82, 2.24) is 4.90 Å². The highest BCUT2D eigenvalue weighted by Gasteiger charge is 2.70. The number of rotatable bonds is 9. The lowest BCUT2D eigenvalue weighted by Gasteiger charge is -2.54. The molecule has 6 aliphatic carbocycles. The van der Waals surface area contributed by atoms with Crippen LogP contribution in [0, 0.1) is 53.3 Å². The Kier molecular flexibility index (Phi) is 6.68. The second-order valence-electron chi connectivity index (χ2n) is 13.1. The normalized spacial score (nSPS) is 45.3. The van der Waals surface area contributed by atoms with Crippen LogP contribution in [0.4, 0.5) is 0 Å². The predicted molar refractivity (Wildman–Crippen MR) is 132 cm³/mol. The van der Waals surface area contributed by atoms with Crippen molar-refractivity contribution in [3.05, 3.63) is 0 Å². The molecule has 9 heteroatoms. The molecule has 0 aromatic rings. The number of hydrogen-bond acceptors (Lipinski definition) is 9. The van der Waals surface area contributed by atoms with Crippen molar-refractivity contribution in [2.45, 2.75) is 70.4 Å². The lowest BCUT2D eigenvalue weighted by atomic mass is 9.52. The predicted octanol–water partition coefficient (Wildman–Crippen LogP) is 2.41. The lowest BCUT2D eigenvalue weighted by Crippen LogP contribution is -2.47. The SMILES string of the molecule is CCC(OCC1C2CC3CC(C2)CC1C3)OC(=O)C1C2CC3C(OC(=O)C31)C2OC(=O)CN1CCOCC1. The highest BCUT2D eigenvalue weighted by Crippen LogP contribution is 2.59. The summed E-state index contributed by atoms with van der Waals surface area (Å²) < 4.78 is 29.1. The van der Waals surface area contributed by atoms with E-state index in [1.54, 1.807) is 0 Å². The van der Waals surface area contributed by atoms with Crippen molar-refractivity contribution in [3.8, 4) is 0 Å². The molecule has 9 nitrogen and oxygen atoms in total. The Balaban J connectivity index is 0.973. The smallest absolute Gasteiger partial charge is 0.320 e. The number of carbonyl (C=O) groups is 3. The molecule has 2 saturated heterocycles. The summed E-state index contributed by atoms with van der Waals surface area (Å²) in [6.07, 6.45) is 6.30. The fourth-order valence-corrected chi connectivity index (χ4v) is 9.57. The zero-order valence-corrected chi connectivity index (χ0v) is 22.3. The summed E-state index contributed by atoms with van der Waals surface area (Å²) in [5.41, 5.74) is 0. The highest BCUT2D eigenvalue weighted by molar-refractivity contribution is 5.86. The van der Waals surface area contributed by atoms with Crippen molar-refractivity contribution in [1.29, 1.82) is 0 Å². The third-order valence-corrected chi connectivity index (χ3v) is 11.0. The van der Waals surface area contributed by atoms with E-state index in [4.69, 9.17) is 23.7 Å². The third-order valence-electron chi connectivity index (χ3n) is 11.0. The highest BCUT2D eigenvalue weighted by atomic mass is 16.7. The summed E-state index contributed by atoms with van der Waals surface area (Å²) in [6, 6.07) is 0. The number of morpholine rings is 1. The van der Waals surface area contributed by atoms with Gasteiger partial charge in [-0.15, -0.1) is 0 Å². The Hall–Kier alpha value is -1.71. The number of hydrogen-bond donors (Lipinski definition) is 0. The first-order valence-corrected chi connectivity index (χ1v) is 15.0. The van der Waals surface area contributed by atoms with Gasteiger partial charge in [0.2, 0.25) is 6.29 Å². The Morgan fingerprint density at radius 3 is 2.39 bits per heavy atom. The maximum absolute atomic E-state index is 13.5. The minimum atomic E-state index is -0.647. The molecule has 8 rings (SSSR count). The number of fused-ring (bicyclic) bond motifs is 1. The van der Waals surface area contributed by atoms with Gasteiger partial charge in [-0.2, -0.15) is 0 Å². The Bertz CT molecular complexity index is 921. The van der Waals surface area contributed by atoms with Crippen LogP contribution in [0.25, 0.3) is 0 Å². The monoisotopic (exact) mass is 531 g/mol. The van der Waals surface area contributed by atoms with E-state index >= 15 is 0 Å². The van der Waals surface area contributed by atoms with Crippen LogP contribution in [0.5, 0.6) is 0 Å². The second kappa shape index (κ2) is 10.0. The van der Waals surface area contributed by atoms with Gasteiger partial charge in [-0.05, 0) is 68.1 Å². The van der Waals surface area contributed by atoms with Gasteiger partial charge in [-0.25, -0.2) is 0 Å². The average Bonchev–Trinajstić information content (AvgIpc) is 3.51. The van der Waals surface area contributed by atoms with Crippen LogP contribution < -0.4 is 0 Å². The molecule has 7 unspecified atom stereocenters. The van der Waals surface area contributed by atoms with E-state index in [2.05, 4.69) is 0 Å². The maximum Gasteiger partial charge on any atom is 0.320 e. The van der Waals surface area contributed by atoms with Gasteiger partial charge >= 0.3 is 17.9 Å². The molecule has 0 N–H and O–H groups in total. The van der Waals surface area contributed by atoms with Gasteiger partial charge in [-0.3, -0.25) is 19.3 Å². The molecular formula is C29H41NO8. The fraction of sp³-hybridized carbons (Fsp3) is 0.897. The topological polar surface area (TPSA) is 101 Å². The number of carbonyl (C=O) groups excluding carboxylic acids is 3. The van der Waals surface area contributed by atoms with Gasteiger partial charge in [0.25, 0.3) is 0 Å². The molecule has 0 radical (unpaired) electrons. The summed E-state index contributed by atoms with van der Waals surface area (Å²) in [6.45, 7) is 5.35. The molecule has 0 spiro atoms. The van der Waals surface area contributed by atoms with Crippen LogP contribution >= 0.6 is 0 Å². The van der Waals surface area contributed by atoms with Crippen molar-refractivity contribution in [3.63, 3.8) is 0 Å². The summed E-state index contributed by atoms with van der Waals surface area (Å²) in [5.74, 6) is 1.27. The zero-order valence-electron chi connectivity index (χ0n) is 22.3. The van der Waals surface area contributed by atoms with Crippen molar-refractivity contribution in [2.75, 3.05) is 39.5 Å². The summed E-state index contributed by atoms with van der Waals surface area (Å²) in [4.78, 5) is 41.0. The number of nitrogens with zero attached hydrogens (tertiary/aromatic N) is 1. The van der Waals surface area contributed by atoms with E-state index in [1.165, 1.54) is 32.1 Å². The van der Waals surface area contributed by atoms with E-state index in [0.29, 0.717) is 51.7 Å². The molecule has 8 aliphatic rings. The van der Waals surface area contributed by atoms with Crippen LogP contribution in [-0.2, 0) is 38.1 Å². The van der Waals surface area contributed by atoms with E-state index in [-0.39, 0.29) is 30.3 Å². The molecular weight excluding hydrogens is 490 g/mol. The quantitative estimate of drug-likeness (QED) is 0.252. The van der Waals surface area contributed by atoms with E-state index in [9.17, 15) is 14.4 Å². The lowest BCUT2D eigenvalue weighted by molar-refractivity contribution is -0.198. The average molecular weight is 532 g/mol. The first-order valence-electron chi connectivity index (χ1n) is 15.0. The Morgan fingerprint density at radius 2 is 1.71 bits per heavy atom. The van der Waals surface area contributed by atoms with Gasteiger partial charge in [0, 0.05) is 31.3 Å². The van der Waals surface area contributed by atoms with Crippen molar-refractivity contribution < 1.29 is 38.1 Å². The van der Waals surface area contributed by atoms with Crippen molar-refractivity contribution in [2.24, 2.45) is 53.3 Å². The molecule has 0 amide bonds. The van der Waals surface area contributed by atoms with Gasteiger partial charge in [0.1, 0.15) is 12.2 Å². The second-order valence-corrected chi connectivity index (χ2v) is 13.1. The standard InChI is InChI=1S/C29H41NO8/c1-2-23(35-14-21-17-8-15-7-16(10-17)11-18(21)9-15)37-28(32)24-19-12-20-25(24)29(33)38-27(20)26(19)36-22(31)13-30-3-5-34-6-4-30/h15-21,23-27H,2-14H2,1H3. The first-order chi connectivity index (χ1) is 18.5. The molecule has 38 heavy (non-hydrogen) atoms. The van der Waals surface area contributed by atoms with Gasteiger partial charge in [0.15, 0.2) is 0 Å². The minimum Gasteiger partial charge on any atom is -0.458 e. The van der Waals surface area contributed by atoms with Crippen LogP contribution in [-0.4, -0.2) is 80.8 Å². The molecule has 0 aromatic carbocycles. The minimum absolute atomic E-state index is 0.0970. The molecule has 2 heterocycles. The molecule has 0 aromatic heterocycles. The Labute approximate surface area is 224 Å². The first kappa shape index (κ1) is 25.3. The zero-order chi connectivity index (χ0) is 26.0. The molecule has 7 atom stereocenters. The third kappa shape index (κ3) is 4.37. The van der Waals surface area contributed by atoms with E-state index in [1.807, 2.05) is 11.8 Å². The van der Waals surface area contributed by atoms with E-state index < -0.39 is 36.3 Å². The molecule has 8 fully saturated rings. The summed E-state index contributed by atoms with van der Waals surface area (Å²) in [5, 5.41) is 0. The maximum atomic E-state index is 13.5. The molecule has 210 valence electrons. The number of ether oxygens (including phenoxy) is 5.